The Balaban J connectivity index is 1.54. The summed E-state index contributed by atoms with van der Waals surface area (Å²) in [6.07, 6.45) is 6.10. The lowest BCUT2D eigenvalue weighted by atomic mass is 9.85. The van der Waals surface area contributed by atoms with E-state index in [0.717, 1.165) is 24.9 Å². The van der Waals surface area contributed by atoms with Crippen molar-refractivity contribution in [2.75, 3.05) is 13.1 Å². The molecule has 25 heavy (non-hydrogen) atoms. The number of benzene rings is 1. The monoisotopic (exact) mass is 336 g/mol. The third-order valence-electron chi connectivity index (χ3n) is 5.07. The van der Waals surface area contributed by atoms with Gasteiger partial charge in [0.15, 0.2) is 0 Å². The first kappa shape index (κ1) is 15.7. The van der Waals surface area contributed by atoms with E-state index in [4.69, 9.17) is 0 Å². The van der Waals surface area contributed by atoms with Crippen LogP contribution in [0, 0.1) is 5.92 Å². The van der Waals surface area contributed by atoms with Crippen molar-refractivity contribution in [1.82, 2.24) is 19.8 Å². The molecule has 2 aliphatic rings. The second-order valence-electron chi connectivity index (χ2n) is 6.74. The van der Waals surface area contributed by atoms with Crippen LogP contribution in [-0.4, -0.2) is 50.7 Å². The van der Waals surface area contributed by atoms with E-state index < -0.39 is 0 Å². The van der Waals surface area contributed by atoms with Crippen LogP contribution in [0.4, 0.5) is 0 Å². The molecule has 1 aromatic heterocycles. The van der Waals surface area contributed by atoms with Gasteiger partial charge in [0.1, 0.15) is 12.4 Å². The minimum Gasteiger partial charge on any atom is -0.336 e. The molecule has 2 atom stereocenters. The number of piperidine rings is 2. The Morgan fingerprint density at radius 1 is 1.16 bits per heavy atom. The summed E-state index contributed by atoms with van der Waals surface area (Å²) < 4.78 is 0. The zero-order chi connectivity index (χ0) is 17.2. The van der Waals surface area contributed by atoms with Gasteiger partial charge >= 0.3 is 0 Å². The first-order valence-corrected chi connectivity index (χ1v) is 8.61. The predicted molar refractivity (Wildman–Crippen MR) is 91.4 cm³/mol. The number of hydrogen-bond donors (Lipinski definition) is 0. The Hall–Kier alpha value is -2.76. The van der Waals surface area contributed by atoms with Crippen LogP contribution in [0.3, 0.4) is 0 Å². The van der Waals surface area contributed by atoms with Gasteiger partial charge in [0.2, 0.25) is 5.91 Å². The van der Waals surface area contributed by atoms with Crippen LogP contribution in [0.5, 0.6) is 0 Å². The van der Waals surface area contributed by atoms with Gasteiger partial charge < -0.3 is 9.80 Å². The fourth-order valence-corrected chi connectivity index (χ4v) is 3.82. The van der Waals surface area contributed by atoms with E-state index in [1.54, 1.807) is 4.90 Å². The van der Waals surface area contributed by atoms with Crippen LogP contribution in [0.15, 0.2) is 49.1 Å². The van der Waals surface area contributed by atoms with Gasteiger partial charge in [-0.05, 0) is 24.3 Å². The van der Waals surface area contributed by atoms with Crippen LogP contribution in [0.25, 0.3) is 0 Å². The highest BCUT2D eigenvalue weighted by atomic mass is 16.2. The van der Waals surface area contributed by atoms with Crippen molar-refractivity contribution in [2.24, 2.45) is 5.92 Å². The minimum absolute atomic E-state index is 0.0463. The zero-order valence-electron chi connectivity index (χ0n) is 13.9. The highest BCUT2D eigenvalue weighted by molar-refractivity contribution is 5.97. The molecule has 3 heterocycles. The fourth-order valence-electron chi connectivity index (χ4n) is 3.82. The summed E-state index contributed by atoms with van der Waals surface area (Å²) >= 11 is 0. The van der Waals surface area contributed by atoms with E-state index in [1.807, 2.05) is 35.2 Å². The lowest BCUT2D eigenvalue weighted by molar-refractivity contribution is -0.144. The topological polar surface area (TPSA) is 66.4 Å². The predicted octanol–water partition coefficient (Wildman–Crippen LogP) is 1.74. The molecule has 2 fully saturated rings. The molecule has 2 amide bonds. The lowest BCUT2D eigenvalue weighted by Gasteiger charge is -2.46. The largest absolute Gasteiger partial charge is 0.336 e. The number of nitrogens with zero attached hydrogens (tertiary/aromatic N) is 4. The summed E-state index contributed by atoms with van der Waals surface area (Å²) in [7, 11) is 0. The van der Waals surface area contributed by atoms with Crippen LogP contribution >= 0.6 is 0 Å². The highest BCUT2D eigenvalue weighted by Gasteiger charge is 2.43. The first-order chi connectivity index (χ1) is 12.2. The molecule has 2 bridgehead atoms. The van der Waals surface area contributed by atoms with Crippen molar-refractivity contribution in [1.29, 1.82) is 0 Å². The SMILES string of the molecule is O=C1[C@H]2C[C@H](CCN2C(=O)c2cncnc2)CN1Cc1ccccc1. The summed E-state index contributed by atoms with van der Waals surface area (Å²) in [6.45, 7) is 2.00. The molecule has 2 saturated heterocycles. The quantitative estimate of drug-likeness (QED) is 0.856. The van der Waals surface area contributed by atoms with E-state index in [2.05, 4.69) is 9.97 Å². The van der Waals surface area contributed by atoms with Crippen molar-refractivity contribution in [3.63, 3.8) is 0 Å². The van der Waals surface area contributed by atoms with Crippen molar-refractivity contribution in [3.8, 4) is 0 Å². The molecule has 0 spiro atoms. The Morgan fingerprint density at radius 2 is 1.92 bits per heavy atom. The van der Waals surface area contributed by atoms with Gasteiger partial charge in [-0.3, -0.25) is 9.59 Å². The second-order valence-corrected chi connectivity index (χ2v) is 6.74. The van der Waals surface area contributed by atoms with Gasteiger partial charge in [-0.1, -0.05) is 30.3 Å². The van der Waals surface area contributed by atoms with Crippen LogP contribution in [-0.2, 0) is 11.3 Å². The van der Waals surface area contributed by atoms with E-state index in [1.165, 1.54) is 18.7 Å². The second kappa shape index (κ2) is 6.63. The fraction of sp³-hybridized carbons (Fsp3) is 0.368. The van der Waals surface area contributed by atoms with Crippen molar-refractivity contribution in [3.05, 3.63) is 60.2 Å². The Labute approximate surface area is 146 Å². The number of rotatable bonds is 3. The molecule has 0 saturated carbocycles. The molecule has 0 unspecified atom stereocenters. The molecule has 4 rings (SSSR count). The minimum atomic E-state index is -0.371. The van der Waals surface area contributed by atoms with Gasteiger partial charge in [-0.2, -0.15) is 0 Å². The standard InChI is InChI=1S/C19H20N4O2/c24-18(16-9-20-13-21-10-16)23-7-6-15-8-17(23)19(25)22(12-15)11-14-4-2-1-3-5-14/h1-5,9-10,13,15,17H,6-8,11-12H2/t15-,17+/m0/s1. The van der Waals surface area contributed by atoms with Crippen molar-refractivity contribution < 1.29 is 9.59 Å². The average molecular weight is 336 g/mol. The summed E-state index contributed by atoms with van der Waals surface area (Å²) in [6, 6.07) is 9.62. The Kier molecular flexibility index (Phi) is 4.17. The van der Waals surface area contributed by atoms with E-state index in [-0.39, 0.29) is 17.9 Å². The molecular weight excluding hydrogens is 316 g/mol. The number of amides is 2. The summed E-state index contributed by atoms with van der Waals surface area (Å²) in [5.74, 6) is 0.353. The molecule has 2 aromatic rings. The van der Waals surface area contributed by atoms with E-state index in [9.17, 15) is 9.59 Å². The Morgan fingerprint density at radius 3 is 2.68 bits per heavy atom. The maximum atomic E-state index is 13.0. The average Bonchev–Trinajstić information content (AvgIpc) is 2.67. The first-order valence-electron chi connectivity index (χ1n) is 8.61. The number of carbonyl (C=O) groups excluding carboxylic acids is 2. The van der Waals surface area contributed by atoms with Crippen LogP contribution in [0.2, 0.25) is 0 Å². The maximum absolute atomic E-state index is 13.0. The molecule has 0 N–H and O–H groups in total. The summed E-state index contributed by atoms with van der Waals surface area (Å²) in [5.41, 5.74) is 1.55. The van der Waals surface area contributed by atoms with Gasteiger partial charge in [0.25, 0.3) is 5.91 Å². The molecule has 2 aliphatic heterocycles. The van der Waals surface area contributed by atoms with Gasteiger partial charge in [-0.25, -0.2) is 9.97 Å². The highest BCUT2D eigenvalue weighted by Crippen LogP contribution is 2.31. The lowest BCUT2D eigenvalue weighted by Crippen LogP contribution is -2.59. The number of carbonyl (C=O) groups is 2. The summed E-state index contributed by atoms with van der Waals surface area (Å²) in [5, 5.41) is 0. The maximum Gasteiger partial charge on any atom is 0.257 e. The van der Waals surface area contributed by atoms with E-state index >= 15 is 0 Å². The normalized spacial score (nSPS) is 22.8. The Bertz CT molecular complexity index is 766. The van der Waals surface area contributed by atoms with Gasteiger partial charge in [-0.15, -0.1) is 0 Å². The van der Waals surface area contributed by atoms with Crippen molar-refractivity contribution >= 4 is 11.8 Å². The van der Waals surface area contributed by atoms with Crippen LogP contribution in [0.1, 0.15) is 28.8 Å². The van der Waals surface area contributed by atoms with Gasteiger partial charge in [0.05, 0.1) is 5.56 Å². The molecule has 6 heteroatoms. The smallest absolute Gasteiger partial charge is 0.257 e. The number of hydrogen-bond acceptors (Lipinski definition) is 4. The number of fused-ring (bicyclic) bond motifs is 2. The third kappa shape index (κ3) is 3.12. The van der Waals surface area contributed by atoms with E-state index in [0.29, 0.717) is 24.6 Å². The molecule has 1 aromatic carbocycles. The molecule has 0 aliphatic carbocycles. The molecule has 0 radical (unpaired) electrons. The molecular formula is C19H20N4O2. The summed E-state index contributed by atoms with van der Waals surface area (Å²) in [4.78, 5) is 37.2. The molecule has 6 nitrogen and oxygen atoms in total. The number of aromatic nitrogens is 2. The van der Waals surface area contributed by atoms with Crippen LogP contribution < -0.4 is 0 Å². The number of likely N-dealkylation sites (tertiary alicyclic amines) is 2. The van der Waals surface area contributed by atoms with Gasteiger partial charge in [0, 0.05) is 32.0 Å². The third-order valence-corrected chi connectivity index (χ3v) is 5.07. The molecule has 128 valence electrons. The zero-order valence-corrected chi connectivity index (χ0v) is 13.9. The van der Waals surface area contributed by atoms with Crippen molar-refractivity contribution in [2.45, 2.75) is 25.4 Å².